The van der Waals surface area contributed by atoms with E-state index in [1.54, 1.807) is 6.08 Å². The first-order valence-corrected chi connectivity index (χ1v) is 12.6. The van der Waals surface area contributed by atoms with Crippen molar-refractivity contribution in [2.24, 2.45) is 5.92 Å². The quantitative estimate of drug-likeness (QED) is 0.607. The predicted octanol–water partition coefficient (Wildman–Crippen LogP) is 3.81. The Morgan fingerprint density at radius 3 is 2.22 bits per heavy atom. The molecule has 3 rings (SSSR count). The highest BCUT2D eigenvalue weighted by molar-refractivity contribution is 7.92. The van der Waals surface area contributed by atoms with Gasteiger partial charge in [0.05, 0.1) is 0 Å². The van der Waals surface area contributed by atoms with Gasteiger partial charge in [-0.2, -0.15) is 4.31 Å². The molecule has 0 bridgehead atoms. The first-order valence-electron chi connectivity index (χ1n) is 11.1. The molecule has 0 atom stereocenters. The van der Waals surface area contributed by atoms with Gasteiger partial charge in [-0.3, -0.25) is 4.79 Å². The number of anilines is 1. The van der Waals surface area contributed by atoms with Gasteiger partial charge in [-0.05, 0) is 49.1 Å². The Balaban J connectivity index is 1.57. The first kappa shape index (κ1) is 24.0. The Kier molecular flexibility index (Phi) is 8.10. The second kappa shape index (κ2) is 10.8. The van der Waals surface area contributed by atoms with Gasteiger partial charge in [-0.15, -0.1) is 0 Å². The molecule has 0 saturated carbocycles. The highest BCUT2D eigenvalue weighted by Gasteiger charge is 2.31. The Morgan fingerprint density at radius 1 is 1.03 bits per heavy atom. The summed E-state index contributed by atoms with van der Waals surface area (Å²) < 4.78 is 26.8. The van der Waals surface area contributed by atoms with Crippen molar-refractivity contribution in [3.05, 3.63) is 71.1 Å². The number of amides is 1. The maximum absolute atomic E-state index is 13.1. The number of nitrogens with zero attached hydrogens (tertiary/aromatic N) is 3. The SMILES string of the molecule is CCN(Cc1ccc(N(C)C)cc1)C(=O)C1CCN(S(=O)(=O)/C=C/c2ccccc2)CC1. The summed E-state index contributed by atoms with van der Waals surface area (Å²) in [4.78, 5) is 17.0. The Labute approximate surface area is 192 Å². The summed E-state index contributed by atoms with van der Waals surface area (Å²) in [5.41, 5.74) is 3.06. The zero-order valence-electron chi connectivity index (χ0n) is 19.1. The fraction of sp³-hybridized carbons (Fsp3) is 0.400. The van der Waals surface area contributed by atoms with E-state index in [0.29, 0.717) is 39.0 Å². The van der Waals surface area contributed by atoms with Gasteiger partial charge in [0, 0.05) is 57.3 Å². The van der Waals surface area contributed by atoms with Crippen molar-refractivity contribution >= 4 is 27.7 Å². The van der Waals surface area contributed by atoms with Crippen molar-refractivity contribution in [2.45, 2.75) is 26.3 Å². The van der Waals surface area contributed by atoms with Gasteiger partial charge in [0.2, 0.25) is 15.9 Å². The van der Waals surface area contributed by atoms with Crippen LogP contribution in [0.25, 0.3) is 6.08 Å². The minimum Gasteiger partial charge on any atom is -0.378 e. The molecular formula is C25H33N3O3S. The van der Waals surface area contributed by atoms with Crippen LogP contribution in [0.3, 0.4) is 0 Å². The molecule has 1 fully saturated rings. The van der Waals surface area contributed by atoms with Crippen LogP contribution in [-0.4, -0.2) is 57.3 Å². The second-order valence-corrected chi connectivity index (χ2v) is 10.2. The van der Waals surface area contributed by atoms with Crippen LogP contribution < -0.4 is 4.90 Å². The highest BCUT2D eigenvalue weighted by Crippen LogP contribution is 2.24. The van der Waals surface area contributed by atoms with Gasteiger partial charge < -0.3 is 9.80 Å². The molecular weight excluding hydrogens is 422 g/mol. The van der Waals surface area contributed by atoms with Crippen molar-refractivity contribution < 1.29 is 13.2 Å². The smallest absolute Gasteiger partial charge is 0.236 e. The number of sulfonamides is 1. The molecule has 1 heterocycles. The standard InChI is InChI=1S/C25H33N3O3S/c1-4-27(20-22-10-12-24(13-11-22)26(2)3)25(29)23-14-17-28(18-15-23)32(30,31)19-16-21-8-6-5-7-9-21/h5-13,16,19,23H,4,14-15,17-18,20H2,1-3H3/b19-16+. The van der Waals surface area contributed by atoms with Crippen molar-refractivity contribution in [3.8, 4) is 0 Å². The van der Waals surface area contributed by atoms with E-state index in [4.69, 9.17) is 0 Å². The summed E-state index contributed by atoms with van der Waals surface area (Å²) in [6.45, 7) is 3.92. The summed E-state index contributed by atoms with van der Waals surface area (Å²) in [6.07, 6.45) is 2.72. The van der Waals surface area contributed by atoms with E-state index in [9.17, 15) is 13.2 Å². The Hall–Kier alpha value is -2.64. The highest BCUT2D eigenvalue weighted by atomic mass is 32.2. The fourth-order valence-corrected chi connectivity index (χ4v) is 5.12. The maximum Gasteiger partial charge on any atom is 0.236 e. The minimum atomic E-state index is -3.49. The van der Waals surface area contributed by atoms with Gasteiger partial charge in [-0.25, -0.2) is 8.42 Å². The summed E-state index contributed by atoms with van der Waals surface area (Å²) >= 11 is 0. The molecule has 2 aromatic rings. The molecule has 1 aliphatic heterocycles. The molecule has 1 saturated heterocycles. The van der Waals surface area contributed by atoms with E-state index in [1.807, 2.05) is 61.2 Å². The predicted molar refractivity (Wildman–Crippen MR) is 131 cm³/mol. The Bertz CT molecular complexity index is 1010. The van der Waals surface area contributed by atoms with E-state index in [1.165, 1.54) is 9.71 Å². The lowest BCUT2D eigenvalue weighted by atomic mass is 9.96. The Morgan fingerprint density at radius 2 is 1.66 bits per heavy atom. The van der Waals surface area contributed by atoms with Gasteiger partial charge >= 0.3 is 0 Å². The zero-order valence-corrected chi connectivity index (χ0v) is 20.0. The van der Waals surface area contributed by atoms with Crippen LogP contribution in [-0.2, 0) is 21.4 Å². The number of benzene rings is 2. The lowest BCUT2D eigenvalue weighted by molar-refractivity contribution is -0.137. The lowest BCUT2D eigenvalue weighted by Gasteiger charge is -2.33. The normalized spacial score (nSPS) is 15.7. The molecule has 1 amide bonds. The van der Waals surface area contributed by atoms with E-state index in [0.717, 1.165) is 16.8 Å². The van der Waals surface area contributed by atoms with Gasteiger partial charge in [0.1, 0.15) is 0 Å². The molecule has 0 aliphatic carbocycles. The molecule has 1 aliphatic rings. The molecule has 0 radical (unpaired) electrons. The summed E-state index contributed by atoms with van der Waals surface area (Å²) in [7, 11) is 0.510. The number of carbonyl (C=O) groups is 1. The molecule has 0 spiro atoms. The van der Waals surface area contributed by atoms with Crippen molar-refractivity contribution in [3.63, 3.8) is 0 Å². The van der Waals surface area contributed by atoms with E-state index < -0.39 is 10.0 Å². The monoisotopic (exact) mass is 455 g/mol. The van der Waals surface area contributed by atoms with Gasteiger partial charge in [0.25, 0.3) is 0 Å². The second-order valence-electron chi connectivity index (χ2n) is 8.34. The molecule has 172 valence electrons. The van der Waals surface area contributed by atoms with Crippen LogP contribution in [0.5, 0.6) is 0 Å². The average Bonchev–Trinajstić information content (AvgIpc) is 2.82. The zero-order chi connectivity index (χ0) is 23.1. The average molecular weight is 456 g/mol. The molecule has 0 aromatic heterocycles. The number of piperidine rings is 1. The van der Waals surface area contributed by atoms with Crippen LogP contribution in [0, 0.1) is 5.92 Å². The summed E-state index contributed by atoms with van der Waals surface area (Å²) in [5, 5.41) is 1.26. The number of carbonyl (C=O) groups excluding carboxylic acids is 1. The fourth-order valence-electron chi connectivity index (χ4n) is 3.90. The number of rotatable bonds is 8. The van der Waals surface area contributed by atoms with E-state index in [-0.39, 0.29) is 11.8 Å². The van der Waals surface area contributed by atoms with Crippen molar-refractivity contribution in [1.29, 1.82) is 0 Å². The van der Waals surface area contributed by atoms with Crippen LogP contribution in [0.1, 0.15) is 30.9 Å². The molecule has 0 N–H and O–H groups in total. The van der Waals surface area contributed by atoms with Crippen LogP contribution in [0.15, 0.2) is 60.0 Å². The van der Waals surface area contributed by atoms with Crippen molar-refractivity contribution in [1.82, 2.24) is 9.21 Å². The number of hydrogen-bond acceptors (Lipinski definition) is 4. The van der Waals surface area contributed by atoms with Gasteiger partial charge in [0.15, 0.2) is 0 Å². The van der Waals surface area contributed by atoms with Crippen LogP contribution in [0.4, 0.5) is 5.69 Å². The molecule has 7 heteroatoms. The third kappa shape index (κ3) is 6.20. The van der Waals surface area contributed by atoms with Crippen molar-refractivity contribution in [2.75, 3.05) is 38.6 Å². The first-order chi connectivity index (χ1) is 15.3. The van der Waals surface area contributed by atoms with Gasteiger partial charge in [-0.1, -0.05) is 42.5 Å². The summed E-state index contributed by atoms with van der Waals surface area (Å²) in [6, 6.07) is 17.6. The van der Waals surface area contributed by atoms with E-state index in [2.05, 4.69) is 24.3 Å². The molecule has 6 nitrogen and oxygen atoms in total. The molecule has 32 heavy (non-hydrogen) atoms. The van der Waals surface area contributed by atoms with E-state index >= 15 is 0 Å². The topological polar surface area (TPSA) is 60.9 Å². The van der Waals surface area contributed by atoms with Crippen LogP contribution in [0.2, 0.25) is 0 Å². The minimum absolute atomic E-state index is 0.112. The number of hydrogen-bond donors (Lipinski definition) is 0. The third-order valence-electron chi connectivity index (χ3n) is 5.91. The third-order valence-corrected chi connectivity index (χ3v) is 7.48. The molecule has 0 unspecified atom stereocenters. The maximum atomic E-state index is 13.1. The summed E-state index contributed by atoms with van der Waals surface area (Å²) in [5.74, 6) is -0.0263. The largest absolute Gasteiger partial charge is 0.378 e. The lowest BCUT2D eigenvalue weighted by Crippen LogP contribution is -2.43. The molecule has 2 aromatic carbocycles. The van der Waals surface area contributed by atoms with Crippen LogP contribution >= 0.6 is 0 Å².